The van der Waals surface area contributed by atoms with E-state index in [0.717, 1.165) is 5.69 Å². The number of nitrogen functional groups attached to an aromatic ring is 1. The zero-order chi connectivity index (χ0) is 23.9. The van der Waals surface area contributed by atoms with Crippen molar-refractivity contribution in [3.63, 3.8) is 0 Å². The maximum absolute atomic E-state index is 13.6. The summed E-state index contributed by atoms with van der Waals surface area (Å²) in [6, 6.07) is 11.9. The van der Waals surface area contributed by atoms with E-state index in [4.69, 9.17) is 17.3 Å². The van der Waals surface area contributed by atoms with Crippen LogP contribution >= 0.6 is 11.6 Å². The maximum atomic E-state index is 13.6. The van der Waals surface area contributed by atoms with Crippen LogP contribution in [0.15, 0.2) is 42.7 Å². The van der Waals surface area contributed by atoms with E-state index in [1.807, 2.05) is 6.92 Å². The minimum Gasteiger partial charge on any atom is -0.382 e. The summed E-state index contributed by atoms with van der Waals surface area (Å²) >= 11 is 6.00. The molecule has 0 aliphatic rings. The lowest BCUT2D eigenvalue weighted by Gasteiger charge is -2.31. The highest BCUT2D eigenvalue weighted by Gasteiger charge is 2.24. The Labute approximate surface area is 194 Å². The summed E-state index contributed by atoms with van der Waals surface area (Å²) in [6.45, 7) is 3.20. The first-order valence-corrected chi connectivity index (χ1v) is 10.4. The molecule has 4 aromatic rings. The third-order valence-corrected chi connectivity index (χ3v) is 5.72. The van der Waals surface area contributed by atoms with Crippen molar-refractivity contribution in [2.24, 2.45) is 0 Å². The van der Waals surface area contributed by atoms with Crippen molar-refractivity contribution in [2.45, 2.75) is 20.4 Å². The number of aromatic nitrogens is 3. The van der Waals surface area contributed by atoms with E-state index < -0.39 is 5.91 Å². The quantitative estimate of drug-likeness (QED) is 0.467. The fourth-order valence-electron chi connectivity index (χ4n) is 3.64. The van der Waals surface area contributed by atoms with E-state index in [1.165, 1.54) is 30.1 Å². The minimum absolute atomic E-state index is 0.00654. The summed E-state index contributed by atoms with van der Waals surface area (Å²) in [4.78, 5) is 34.4. The summed E-state index contributed by atoms with van der Waals surface area (Å²) < 4.78 is 1.79. The Kier molecular flexibility index (Phi) is 5.62. The smallest absolute Gasteiger partial charge is 0.272 e. The number of nitrogens with two attached hydrogens (primary N) is 1. The molecule has 10 heteroatoms. The number of hydrogen-bond acceptors (Lipinski definition) is 6. The van der Waals surface area contributed by atoms with Gasteiger partial charge in [0.05, 0.1) is 34.9 Å². The molecule has 0 aliphatic carbocycles. The third kappa shape index (κ3) is 3.92. The van der Waals surface area contributed by atoms with Gasteiger partial charge in [0.1, 0.15) is 17.7 Å². The second-order valence-electron chi connectivity index (χ2n) is 7.57. The second-order valence-corrected chi connectivity index (χ2v) is 8.00. The van der Waals surface area contributed by atoms with Gasteiger partial charge in [0.2, 0.25) is 5.91 Å². The summed E-state index contributed by atoms with van der Waals surface area (Å²) in [6.07, 6.45) is 1.63. The standard InChI is InChI=1S/C23H20ClN7O2/c1-13-21-22(26)28-19-7-5-15(9-20(19)30(21)12-27-13)23(33)31(29(3)14(2)32)11-16-4-6-18(24)8-17(16)10-25/h4-9,12H,11H2,1-3H3,(H2,26,28). The van der Waals surface area contributed by atoms with Crippen molar-refractivity contribution < 1.29 is 9.59 Å². The van der Waals surface area contributed by atoms with Crippen LogP contribution in [-0.4, -0.2) is 43.2 Å². The molecular formula is C23H20ClN7O2. The predicted molar refractivity (Wildman–Crippen MR) is 124 cm³/mol. The molecular weight excluding hydrogens is 442 g/mol. The zero-order valence-electron chi connectivity index (χ0n) is 18.2. The van der Waals surface area contributed by atoms with Crippen LogP contribution in [0, 0.1) is 18.3 Å². The molecule has 2 aromatic heterocycles. The first-order chi connectivity index (χ1) is 15.7. The average Bonchev–Trinajstić information content (AvgIpc) is 3.19. The van der Waals surface area contributed by atoms with Gasteiger partial charge in [0.15, 0.2) is 0 Å². The Bertz CT molecular complexity index is 1470. The highest BCUT2D eigenvalue weighted by Crippen LogP contribution is 2.25. The lowest BCUT2D eigenvalue weighted by atomic mass is 10.1. The van der Waals surface area contributed by atoms with E-state index in [2.05, 4.69) is 16.0 Å². The number of benzene rings is 2. The number of amides is 2. The number of halogens is 1. The molecule has 0 bridgehead atoms. The SMILES string of the molecule is CC(=O)N(C)N(Cc1ccc(Cl)cc1C#N)C(=O)c1ccc2nc(N)c3c(C)ncn3c2c1. The van der Waals surface area contributed by atoms with E-state index in [-0.39, 0.29) is 12.5 Å². The van der Waals surface area contributed by atoms with Crippen LogP contribution in [-0.2, 0) is 11.3 Å². The third-order valence-electron chi connectivity index (χ3n) is 5.48. The number of carbonyl (C=O) groups excluding carboxylic acids is 2. The molecule has 0 saturated carbocycles. The molecule has 2 amide bonds. The van der Waals surface area contributed by atoms with Gasteiger partial charge < -0.3 is 5.73 Å². The number of hydrazine groups is 1. The number of anilines is 1. The number of rotatable bonds is 3. The Morgan fingerprint density at radius 2 is 2.00 bits per heavy atom. The fraction of sp³-hybridized carbons (Fsp3) is 0.174. The summed E-state index contributed by atoms with van der Waals surface area (Å²) in [5.41, 5.74) is 9.96. The number of hydrogen-bond donors (Lipinski definition) is 1. The lowest BCUT2D eigenvalue weighted by Crippen LogP contribution is -2.46. The number of imidazole rings is 1. The van der Waals surface area contributed by atoms with Crippen molar-refractivity contribution in [2.75, 3.05) is 12.8 Å². The van der Waals surface area contributed by atoms with Crippen LogP contribution in [0.25, 0.3) is 16.6 Å². The van der Waals surface area contributed by atoms with Crippen LogP contribution < -0.4 is 5.73 Å². The Morgan fingerprint density at radius 1 is 1.24 bits per heavy atom. The molecule has 2 heterocycles. The summed E-state index contributed by atoms with van der Waals surface area (Å²) in [7, 11) is 1.50. The first-order valence-electron chi connectivity index (χ1n) is 9.98. The Hall–Kier alpha value is -4.16. The molecule has 4 rings (SSSR count). The molecule has 0 aliphatic heterocycles. The van der Waals surface area contributed by atoms with Gasteiger partial charge in [-0.1, -0.05) is 17.7 Å². The van der Waals surface area contributed by atoms with Crippen LogP contribution in [0.5, 0.6) is 0 Å². The number of nitriles is 1. The van der Waals surface area contributed by atoms with Gasteiger partial charge >= 0.3 is 0 Å². The van der Waals surface area contributed by atoms with Crippen LogP contribution in [0.3, 0.4) is 0 Å². The van der Waals surface area contributed by atoms with Gasteiger partial charge in [-0.25, -0.2) is 15.0 Å². The number of aryl methyl sites for hydroxylation is 1. The zero-order valence-corrected chi connectivity index (χ0v) is 19.0. The van der Waals surface area contributed by atoms with Crippen LogP contribution in [0.1, 0.15) is 34.1 Å². The summed E-state index contributed by atoms with van der Waals surface area (Å²) in [5, 5.41) is 12.4. The van der Waals surface area contributed by atoms with E-state index in [9.17, 15) is 14.9 Å². The monoisotopic (exact) mass is 461 g/mol. The molecule has 0 saturated heterocycles. The van der Waals surface area contributed by atoms with Crippen molar-refractivity contribution in [1.29, 1.82) is 5.26 Å². The predicted octanol–water partition coefficient (Wildman–Crippen LogP) is 3.33. The number of fused-ring (bicyclic) bond motifs is 3. The topological polar surface area (TPSA) is 121 Å². The highest BCUT2D eigenvalue weighted by molar-refractivity contribution is 6.30. The molecule has 9 nitrogen and oxygen atoms in total. The molecule has 2 aromatic carbocycles. The van der Waals surface area contributed by atoms with Gasteiger partial charge in [-0.3, -0.25) is 19.0 Å². The van der Waals surface area contributed by atoms with Gasteiger partial charge in [-0.15, -0.1) is 0 Å². The molecule has 0 unspecified atom stereocenters. The molecule has 0 radical (unpaired) electrons. The maximum Gasteiger partial charge on any atom is 0.272 e. The van der Waals surface area contributed by atoms with Crippen LogP contribution in [0.2, 0.25) is 5.02 Å². The molecule has 0 fully saturated rings. The van der Waals surface area contributed by atoms with E-state index >= 15 is 0 Å². The summed E-state index contributed by atoms with van der Waals surface area (Å²) in [5.74, 6) is -0.407. The van der Waals surface area contributed by atoms with Crippen molar-refractivity contribution >= 4 is 45.8 Å². The normalized spacial score (nSPS) is 10.9. The Morgan fingerprint density at radius 3 is 2.70 bits per heavy atom. The average molecular weight is 462 g/mol. The van der Waals surface area contributed by atoms with Crippen molar-refractivity contribution in [1.82, 2.24) is 24.4 Å². The van der Waals surface area contributed by atoms with Crippen molar-refractivity contribution in [3.05, 3.63) is 70.1 Å². The van der Waals surface area contributed by atoms with E-state index in [0.29, 0.717) is 44.1 Å². The molecule has 2 N–H and O–H groups in total. The van der Waals surface area contributed by atoms with E-state index in [1.54, 1.807) is 41.1 Å². The molecule has 0 spiro atoms. The van der Waals surface area contributed by atoms with Gasteiger partial charge in [-0.05, 0) is 42.8 Å². The molecule has 166 valence electrons. The first kappa shape index (κ1) is 22.0. The van der Waals surface area contributed by atoms with Gasteiger partial charge in [0.25, 0.3) is 5.91 Å². The molecule has 0 atom stereocenters. The number of nitrogens with zero attached hydrogens (tertiary/aromatic N) is 6. The van der Waals surface area contributed by atoms with Crippen LogP contribution in [0.4, 0.5) is 5.82 Å². The fourth-order valence-corrected chi connectivity index (χ4v) is 3.81. The second kappa shape index (κ2) is 8.41. The van der Waals surface area contributed by atoms with Gasteiger partial charge in [-0.2, -0.15) is 5.26 Å². The number of carbonyl (C=O) groups is 2. The molecule has 33 heavy (non-hydrogen) atoms. The van der Waals surface area contributed by atoms with Gasteiger partial charge in [0, 0.05) is 24.6 Å². The highest BCUT2D eigenvalue weighted by atomic mass is 35.5. The Balaban J connectivity index is 1.81. The minimum atomic E-state index is -0.421. The largest absolute Gasteiger partial charge is 0.382 e. The van der Waals surface area contributed by atoms with Crippen molar-refractivity contribution in [3.8, 4) is 6.07 Å². The lowest BCUT2D eigenvalue weighted by molar-refractivity contribution is -0.140.